The van der Waals surface area contributed by atoms with Gasteiger partial charge >= 0.3 is 51.4 Å². The Morgan fingerprint density at radius 3 is 2.18 bits per heavy atom. The van der Waals surface area contributed by atoms with Gasteiger partial charge in [0.25, 0.3) is 0 Å². The summed E-state index contributed by atoms with van der Waals surface area (Å²) < 4.78 is 34.0. The molecule has 0 radical (unpaired) electrons. The molecular formula is C17H21KO3S. The van der Waals surface area contributed by atoms with Crippen LogP contribution in [0, 0.1) is 0 Å². The summed E-state index contributed by atoms with van der Waals surface area (Å²) >= 11 is 0. The van der Waals surface area contributed by atoms with Crippen LogP contribution in [0.5, 0.6) is 0 Å². The summed E-state index contributed by atoms with van der Waals surface area (Å²) in [6, 6.07) is 10.5. The van der Waals surface area contributed by atoms with Gasteiger partial charge in [-0.25, -0.2) is 8.42 Å². The van der Waals surface area contributed by atoms with E-state index in [1.165, 1.54) is 31.7 Å². The minimum Gasteiger partial charge on any atom is -0.744 e. The molecule has 0 aliphatic heterocycles. The van der Waals surface area contributed by atoms with E-state index in [4.69, 9.17) is 0 Å². The van der Waals surface area contributed by atoms with Crippen LogP contribution in [0.25, 0.3) is 10.8 Å². The number of unbranched alkanes of at least 4 members (excludes halogenated alkanes) is 4. The fourth-order valence-electron chi connectivity index (χ4n) is 2.69. The average molecular weight is 345 g/mol. The van der Waals surface area contributed by atoms with E-state index in [0.717, 1.165) is 23.8 Å². The summed E-state index contributed by atoms with van der Waals surface area (Å²) in [6.45, 7) is 2.19. The minimum atomic E-state index is -4.43. The minimum absolute atomic E-state index is 0. The van der Waals surface area contributed by atoms with Crippen LogP contribution in [0.4, 0.5) is 0 Å². The van der Waals surface area contributed by atoms with E-state index in [-0.39, 0.29) is 56.3 Å². The molecule has 0 bridgehead atoms. The molecule has 0 N–H and O–H groups in total. The van der Waals surface area contributed by atoms with Crippen molar-refractivity contribution in [2.24, 2.45) is 0 Å². The predicted molar refractivity (Wildman–Crippen MR) is 84.4 cm³/mol. The third-order valence-electron chi connectivity index (χ3n) is 3.79. The van der Waals surface area contributed by atoms with Gasteiger partial charge in [-0.3, -0.25) is 0 Å². The third kappa shape index (κ3) is 5.41. The van der Waals surface area contributed by atoms with E-state index in [1.807, 2.05) is 12.1 Å². The predicted octanol–water partition coefficient (Wildman–Crippen LogP) is 1.26. The van der Waals surface area contributed by atoms with Crippen molar-refractivity contribution in [1.82, 2.24) is 0 Å². The monoisotopic (exact) mass is 344 g/mol. The maximum absolute atomic E-state index is 11.3. The molecule has 0 aliphatic carbocycles. The van der Waals surface area contributed by atoms with Gasteiger partial charge < -0.3 is 4.55 Å². The van der Waals surface area contributed by atoms with Crippen LogP contribution < -0.4 is 51.4 Å². The second kappa shape index (κ2) is 9.52. The van der Waals surface area contributed by atoms with Crippen molar-refractivity contribution >= 4 is 20.9 Å². The van der Waals surface area contributed by atoms with Gasteiger partial charge in [0, 0.05) is 0 Å². The van der Waals surface area contributed by atoms with Crippen molar-refractivity contribution in [3.63, 3.8) is 0 Å². The fourth-order valence-corrected chi connectivity index (χ4v) is 3.37. The zero-order chi connectivity index (χ0) is 15.3. The molecule has 0 amide bonds. The molecule has 2 aromatic rings. The normalized spacial score (nSPS) is 11.4. The molecule has 0 spiro atoms. The molecule has 0 unspecified atom stereocenters. The van der Waals surface area contributed by atoms with Crippen molar-refractivity contribution < 1.29 is 64.4 Å². The van der Waals surface area contributed by atoms with Crippen molar-refractivity contribution in [1.29, 1.82) is 0 Å². The summed E-state index contributed by atoms with van der Waals surface area (Å²) in [5.41, 5.74) is 1.12. The third-order valence-corrected chi connectivity index (χ3v) is 4.69. The van der Waals surface area contributed by atoms with E-state index < -0.39 is 10.1 Å². The van der Waals surface area contributed by atoms with Crippen LogP contribution in [0.2, 0.25) is 0 Å². The van der Waals surface area contributed by atoms with Gasteiger partial charge in [-0.15, -0.1) is 0 Å². The largest absolute Gasteiger partial charge is 1.00 e. The first-order chi connectivity index (χ1) is 10.0. The second-order valence-corrected chi connectivity index (χ2v) is 6.73. The van der Waals surface area contributed by atoms with E-state index in [9.17, 15) is 13.0 Å². The number of rotatable bonds is 7. The van der Waals surface area contributed by atoms with E-state index >= 15 is 0 Å². The average Bonchev–Trinajstić information content (AvgIpc) is 2.45. The van der Waals surface area contributed by atoms with Gasteiger partial charge in [-0.2, -0.15) is 0 Å². The Bertz CT molecular complexity index is 711. The number of benzene rings is 2. The van der Waals surface area contributed by atoms with Crippen LogP contribution in [-0.2, 0) is 16.5 Å². The van der Waals surface area contributed by atoms with Gasteiger partial charge in [0.05, 0.1) is 4.90 Å². The molecule has 22 heavy (non-hydrogen) atoms. The molecule has 0 aromatic heterocycles. The molecule has 0 fully saturated rings. The Kier molecular flexibility index (Phi) is 8.78. The molecule has 2 rings (SSSR count). The first-order valence-electron chi connectivity index (χ1n) is 7.50. The maximum Gasteiger partial charge on any atom is 1.00 e. The zero-order valence-electron chi connectivity index (χ0n) is 13.3. The van der Waals surface area contributed by atoms with E-state index in [2.05, 4.69) is 6.92 Å². The molecule has 0 aliphatic rings. The van der Waals surface area contributed by atoms with Gasteiger partial charge in [-0.1, -0.05) is 62.9 Å². The Labute approximate surface area is 175 Å². The van der Waals surface area contributed by atoms with Gasteiger partial charge in [0.1, 0.15) is 10.1 Å². The fraction of sp³-hybridized carbons (Fsp3) is 0.412. The topological polar surface area (TPSA) is 57.2 Å². The van der Waals surface area contributed by atoms with Crippen LogP contribution >= 0.6 is 0 Å². The molecular weight excluding hydrogens is 323 g/mol. The first kappa shape index (κ1) is 20.3. The molecule has 5 heteroatoms. The number of hydrogen-bond acceptors (Lipinski definition) is 3. The van der Waals surface area contributed by atoms with E-state index in [1.54, 1.807) is 18.2 Å². The van der Waals surface area contributed by atoms with Crippen molar-refractivity contribution in [2.75, 3.05) is 0 Å². The summed E-state index contributed by atoms with van der Waals surface area (Å²) in [4.78, 5) is -0.118. The summed E-state index contributed by atoms with van der Waals surface area (Å²) in [5, 5.41) is 1.42. The number of aryl methyl sites for hydroxylation is 1. The SMILES string of the molecule is CCCCCCCc1ccc(S(=O)(=O)[O-])c2ccccc12.[K+]. The number of hydrogen-bond donors (Lipinski definition) is 0. The van der Waals surface area contributed by atoms with Crippen LogP contribution in [0.3, 0.4) is 0 Å². The van der Waals surface area contributed by atoms with Crippen LogP contribution in [-0.4, -0.2) is 13.0 Å². The standard InChI is InChI=1S/C17H22O3S.K/c1-2-3-4-5-6-9-14-12-13-17(21(18,19)20)16-11-8-7-10-15(14)16;/h7-8,10-13H,2-6,9H2,1H3,(H,18,19,20);/q;+1/p-1. The van der Waals surface area contributed by atoms with Crippen LogP contribution in [0.1, 0.15) is 44.6 Å². The van der Waals surface area contributed by atoms with Gasteiger partial charge in [0.15, 0.2) is 0 Å². The summed E-state index contributed by atoms with van der Waals surface area (Å²) in [7, 11) is -4.43. The van der Waals surface area contributed by atoms with Gasteiger partial charge in [-0.05, 0) is 35.2 Å². The Hall–Kier alpha value is 0.246. The Morgan fingerprint density at radius 2 is 1.55 bits per heavy atom. The maximum atomic E-state index is 11.3. The molecule has 114 valence electrons. The molecule has 0 atom stereocenters. The van der Waals surface area contributed by atoms with Crippen molar-refractivity contribution in [3.8, 4) is 0 Å². The second-order valence-electron chi connectivity index (χ2n) is 5.39. The van der Waals surface area contributed by atoms with Crippen molar-refractivity contribution in [2.45, 2.75) is 50.3 Å². The molecule has 0 saturated carbocycles. The zero-order valence-corrected chi connectivity index (χ0v) is 17.3. The van der Waals surface area contributed by atoms with Gasteiger partial charge in [0.2, 0.25) is 0 Å². The van der Waals surface area contributed by atoms with Crippen LogP contribution in [0.15, 0.2) is 41.3 Å². The molecule has 0 saturated heterocycles. The van der Waals surface area contributed by atoms with Crippen molar-refractivity contribution in [3.05, 3.63) is 42.0 Å². The summed E-state index contributed by atoms with van der Waals surface area (Å²) in [6.07, 6.45) is 6.91. The van der Waals surface area contributed by atoms with E-state index in [0.29, 0.717) is 5.39 Å². The Morgan fingerprint density at radius 1 is 0.909 bits per heavy atom. The summed E-state index contributed by atoms with van der Waals surface area (Å²) in [5.74, 6) is 0. The Balaban J connectivity index is 0.00000242. The first-order valence-corrected chi connectivity index (χ1v) is 8.91. The smallest absolute Gasteiger partial charge is 0.744 e. The number of fused-ring (bicyclic) bond motifs is 1. The molecule has 0 heterocycles. The molecule has 3 nitrogen and oxygen atoms in total. The molecule has 2 aromatic carbocycles. The quantitative estimate of drug-likeness (QED) is 0.432.